The van der Waals surface area contributed by atoms with Crippen LogP contribution in [0.1, 0.15) is 26.2 Å². The van der Waals surface area contributed by atoms with Gasteiger partial charge in [-0.3, -0.25) is 4.79 Å². The second-order valence-corrected chi connectivity index (χ2v) is 3.22. The van der Waals surface area contributed by atoms with Crippen LogP contribution in [0.2, 0.25) is 0 Å². The molecule has 0 aromatic heterocycles. The first-order valence-electron chi connectivity index (χ1n) is 3.57. The van der Waals surface area contributed by atoms with E-state index >= 15 is 0 Å². The van der Waals surface area contributed by atoms with E-state index in [4.69, 9.17) is 10.8 Å². The smallest absolute Gasteiger partial charge is 0.323 e. The SMILES string of the molecule is CC(N)(C(=O)O)C1CCC1.Cl. The molecule has 4 heteroatoms. The zero-order valence-corrected chi connectivity index (χ0v) is 7.36. The Morgan fingerprint density at radius 2 is 2.09 bits per heavy atom. The predicted molar refractivity (Wildman–Crippen MR) is 44.8 cm³/mol. The maximum atomic E-state index is 10.5. The molecule has 0 aromatic carbocycles. The molecular formula is C7H14ClNO2. The van der Waals surface area contributed by atoms with Crippen LogP contribution in [0.25, 0.3) is 0 Å². The highest BCUT2D eigenvalue weighted by atomic mass is 35.5. The molecule has 1 fully saturated rings. The molecule has 1 unspecified atom stereocenters. The number of nitrogens with two attached hydrogens (primary N) is 1. The largest absolute Gasteiger partial charge is 0.480 e. The van der Waals surface area contributed by atoms with Crippen LogP contribution in [-0.4, -0.2) is 16.6 Å². The van der Waals surface area contributed by atoms with Gasteiger partial charge in [0.15, 0.2) is 0 Å². The summed E-state index contributed by atoms with van der Waals surface area (Å²) < 4.78 is 0. The van der Waals surface area contributed by atoms with Gasteiger partial charge in [0.25, 0.3) is 0 Å². The Hall–Kier alpha value is -0.280. The molecule has 1 aliphatic carbocycles. The van der Waals surface area contributed by atoms with Crippen LogP contribution in [0.5, 0.6) is 0 Å². The van der Waals surface area contributed by atoms with Crippen molar-refractivity contribution in [1.82, 2.24) is 0 Å². The molecule has 11 heavy (non-hydrogen) atoms. The Balaban J connectivity index is 0.000001000. The molecule has 1 saturated carbocycles. The number of hydrogen-bond donors (Lipinski definition) is 2. The van der Waals surface area contributed by atoms with Crippen molar-refractivity contribution >= 4 is 18.4 Å². The molecular weight excluding hydrogens is 166 g/mol. The van der Waals surface area contributed by atoms with Crippen molar-refractivity contribution in [2.24, 2.45) is 11.7 Å². The maximum absolute atomic E-state index is 10.5. The molecule has 1 rings (SSSR count). The average Bonchev–Trinajstić information content (AvgIpc) is 1.57. The minimum atomic E-state index is -0.988. The van der Waals surface area contributed by atoms with E-state index in [1.54, 1.807) is 6.92 Å². The van der Waals surface area contributed by atoms with Crippen LogP contribution in [-0.2, 0) is 4.79 Å². The van der Waals surface area contributed by atoms with E-state index in [-0.39, 0.29) is 18.3 Å². The molecule has 1 atom stereocenters. The van der Waals surface area contributed by atoms with Crippen molar-refractivity contribution in [3.05, 3.63) is 0 Å². The number of halogens is 1. The summed E-state index contributed by atoms with van der Waals surface area (Å²) in [5, 5.41) is 8.65. The van der Waals surface area contributed by atoms with E-state index in [2.05, 4.69) is 0 Å². The second-order valence-electron chi connectivity index (χ2n) is 3.22. The quantitative estimate of drug-likeness (QED) is 0.665. The summed E-state index contributed by atoms with van der Waals surface area (Å²) in [7, 11) is 0. The summed E-state index contributed by atoms with van der Waals surface area (Å²) >= 11 is 0. The van der Waals surface area contributed by atoms with Gasteiger partial charge < -0.3 is 10.8 Å². The van der Waals surface area contributed by atoms with Crippen LogP contribution in [0, 0.1) is 5.92 Å². The molecule has 3 nitrogen and oxygen atoms in total. The average molecular weight is 180 g/mol. The first-order chi connectivity index (χ1) is 4.55. The van der Waals surface area contributed by atoms with Crippen molar-refractivity contribution < 1.29 is 9.90 Å². The fourth-order valence-electron chi connectivity index (χ4n) is 1.18. The van der Waals surface area contributed by atoms with Crippen molar-refractivity contribution in [3.8, 4) is 0 Å². The van der Waals surface area contributed by atoms with Crippen molar-refractivity contribution in [2.75, 3.05) is 0 Å². The summed E-state index contributed by atoms with van der Waals surface area (Å²) in [5.41, 5.74) is 4.58. The number of rotatable bonds is 2. The molecule has 0 aliphatic heterocycles. The van der Waals surface area contributed by atoms with E-state index in [0.29, 0.717) is 0 Å². The molecule has 0 saturated heterocycles. The summed E-state index contributed by atoms with van der Waals surface area (Å²) in [4.78, 5) is 10.5. The topological polar surface area (TPSA) is 63.3 Å². The van der Waals surface area contributed by atoms with Gasteiger partial charge in [-0.2, -0.15) is 0 Å². The number of carboxylic acids is 1. The number of aliphatic carboxylic acids is 1. The molecule has 66 valence electrons. The van der Waals surface area contributed by atoms with E-state index in [1.165, 1.54) is 0 Å². The lowest BCUT2D eigenvalue weighted by atomic mass is 9.72. The minimum Gasteiger partial charge on any atom is -0.480 e. The highest BCUT2D eigenvalue weighted by Gasteiger charge is 2.40. The Kier molecular flexibility index (Phi) is 3.32. The summed E-state index contributed by atoms with van der Waals surface area (Å²) in [5.74, 6) is -0.679. The van der Waals surface area contributed by atoms with Crippen molar-refractivity contribution in [3.63, 3.8) is 0 Å². The Bertz CT molecular complexity index is 155. The number of carbonyl (C=O) groups is 1. The van der Waals surface area contributed by atoms with Crippen LogP contribution in [0.3, 0.4) is 0 Å². The molecule has 3 N–H and O–H groups in total. The van der Waals surface area contributed by atoms with Crippen molar-refractivity contribution in [1.29, 1.82) is 0 Å². The third-order valence-electron chi connectivity index (χ3n) is 2.41. The van der Waals surface area contributed by atoms with E-state index in [1.807, 2.05) is 0 Å². The summed E-state index contributed by atoms with van der Waals surface area (Å²) in [6.07, 6.45) is 3.07. The highest BCUT2D eigenvalue weighted by Crippen LogP contribution is 2.34. The monoisotopic (exact) mass is 179 g/mol. The molecule has 1 aliphatic rings. The Morgan fingerprint density at radius 1 is 1.64 bits per heavy atom. The molecule has 0 heterocycles. The van der Waals surface area contributed by atoms with Gasteiger partial charge in [-0.25, -0.2) is 0 Å². The Morgan fingerprint density at radius 3 is 2.18 bits per heavy atom. The normalized spacial score (nSPS) is 22.7. The maximum Gasteiger partial charge on any atom is 0.323 e. The zero-order valence-electron chi connectivity index (χ0n) is 6.54. The third kappa shape index (κ3) is 1.84. The van der Waals surface area contributed by atoms with Crippen LogP contribution in [0.4, 0.5) is 0 Å². The lowest BCUT2D eigenvalue weighted by molar-refractivity contribution is -0.146. The summed E-state index contributed by atoms with van der Waals surface area (Å²) in [6, 6.07) is 0. The van der Waals surface area contributed by atoms with E-state index in [0.717, 1.165) is 19.3 Å². The zero-order chi connectivity index (χ0) is 7.78. The van der Waals surface area contributed by atoms with Crippen LogP contribution in [0.15, 0.2) is 0 Å². The van der Waals surface area contributed by atoms with Crippen LogP contribution >= 0.6 is 12.4 Å². The lowest BCUT2D eigenvalue weighted by Gasteiger charge is -2.36. The Labute approximate surface area is 72.4 Å². The van der Waals surface area contributed by atoms with Gasteiger partial charge in [0.05, 0.1) is 0 Å². The molecule has 0 spiro atoms. The minimum absolute atomic E-state index is 0. The van der Waals surface area contributed by atoms with Gasteiger partial charge in [0.1, 0.15) is 5.54 Å². The predicted octanol–water partition coefficient (Wildman–Crippen LogP) is 1.01. The van der Waals surface area contributed by atoms with Crippen molar-refractivity contribution in [2.45, 2.75) is 31.7 Å². The van der Waals surface area contributed by atoms with Gasteiger partial charge in [0, 0.05) is 0 Å². The second kappa shape index (κ2) is 3.41. The van der Waals surface area contributed by atoms with Gasteiger partial charge >= 0.3 is 5.97 Å². The molecule has 0 bridgehead atoms. The molecule has 0 aromatic rings. The fourth-order valence-corrected chi connectivity index (χ4v) is 1.18. The number of carboxylic acid groups (broad SMARTS) is 1. The number of hydrogen-bond acceptors (Lipinski definition) is 2. The molecule has 0 amide bonds. The van der Waals surface area contributed by atoms with Gasteiger partial charge in [0.2, 0.25) is 0 Å². The fraction of sp³-hybridized carbons (Fsp3) is 0.857. The van der Waals surface area contributed by atoms with Crippen LogP contribution < -0.4 is 5.73 Å². The van der Waals surface area contributed by atoms with Gasteiger partial charge in [-0.05, 0) is 25.7 Å². The first-order valence-corrected chi connectivity index (χ1v) is 3.57. The standard InChI is InChI=1S/C7H13NO2.ClH/c1-7(8,6(9)10)5-3-2-4-5;/h5H,2-4,8H2,1H3,(H,9,10);1H. The van der Waals surface area contributed by atoms with Gasteiger partial charge in [-0.1, -0.05) is 6.42 Å². The highest BCUT2D eigenvalue weighted by molar-refractivity contribution is 5.85. The lowest BCUT2D eigenvalue weighted by Crippen LogP contribution is -2.53. The van der Waals surface area contributed by atoms with Gasteiger partial charge in [-0.15, -0.1) is 12.4 Å². The van der Waals surface area contributed by atoms with E-state index in [9.17, 15) is 4.79 Å². The third-order valence-corrected chi connectivity index (χ3v) is 2.41. The summed E-state index contributed by atoms with van der Waals surface area (Å²) in [6.45, 7) is 1.60. The van der Waals surface area contributed by atoms with E-state index < -0.39 is 11.5 Å². The first kappa shape index (κ1) is 10.7. The molecule has 0 radical (unpaired) electrons.